The number of anilines is 1. The minimum atomic E-state index is 0.0675. The van der Waals surface area contributed by atoms with Crippen molar-refractivity contribution >= 4 is 11.6 Å². The maximum atomic E-state index is 12.1. The molecule has 1 aliphatic rings. The molecule has 0 fully saturated rings. The summed E-state index contributed by atoms with van der Waals surface area (Å²) < 4.78 is 0. The number of rotatable bonds is 2. The number of hydrogen-bond donors (Lipinski definition) is 0. The third-order valence-corrected chi connectivity index (χ3v) is 3.16. The van der Waals surface area contributed by atoms with Gasteiger partial charge in [0.15, 0.2) is 0 Å². The minimum absolute atomic E-state index is 0.0675. The lowest BCUT2D eigenvalue weighted by Crippen LogP contribution is -2.34. The summed E-state index contributed by atoms with van der Waals surface area (Å²) in [5.74, 6) is 0.0675. The van der Waals surface area contributed by atoms with Gasteiger partial charge in [-0.05, 0) is 38.3 Å². The van der Waals surface area contributed by atoms with Crippen LogP contribution in [0.5, 0.6) is 0 Å². The monoisotopic (exact) mass is 241 g/mol. The van der Waals surface area contributed by atoms with Gasteiger partial charge in [0.2, 0.25) is 0 Å². The lowest BCUT2D eigenvalue weighted by atomic mass is 9.99. The number of carbonyl (C=O) groups excluding carboxylic acids is 1. The van der Waals surface area contributed by atoms with Gasteiger partial charge in [-0.2, -0.15) is 0 Å². The number of nitrogens with zero attached hydrogens (tertiary/aromatic N) is 1. The molecule has 0 bridgehead atoms. The van der Waals surface area contributed by atoms with Crippen molar-refractivity contribution < 1.29 is 4.79 Å². The fraction of sp³-hybridized carbons (Fsp3) is 0.312. The highest BCUT2D eigenvalue weighted by molar-refractivity contribution is 6.02. The highest BCUT2D eigenvalue weighted by Crippen LogP contribution is 2.28. The highest BCUT2D eigenvalue weighted by atomic mass is 16.2. The second-order valence-corrected chi connectivity index (χ2v) is 4.61. The number of allylic oxidation sites excluding steroid dienone is 3. The zero-order valence-corrected chi connectivity index (χ0v) is 11.0. The van der Waals surface area contributed by atoms with Gasteiger partial charge >= 0.3 is 0 Å². The van der Waals surface area contributed by atoms with Crippen molar-refractivity contribution in [3.8, 4) is 0 Å². The van der Waals surface area contributed by atoms with Crippen LogP contribution in [0.15, 0.2) is 42.5 Å². The molecule has 94 valence electrons. The van der Waals surface area contributed by atoms with Crippen molar-refractivity contribution in [1.82, 2.24) is 0 Å². The summed E-state index contributed by atoms with van der Waals surface area (Å²) >= 11 is 0. The van der Waals surface area contributed by atoms with Gasteiger partial charge < -0.3 is 4.90 Å². The summed E-state index contributed by atoms with van der Waals surface area (Å²) in [4.78, 5) is 14.0. The molecular formula is C16H19NO. The average Bonchev–Trinajstić information content (AvgIpc) is 2.37. The van der Waals surface area contributed by atoms with Crippen LogP contribution in [-0.2, 0) is 11.2 Å². The van der Waals surface area contributed by atoms with E-state index in [4.69, 9.17) is 0 Å². The molecular weight excluding hydrogens is 222 g/mol. The Morgan fingerprint density at radius 3 is 2.94 bits per heavy atom. The Balaban J connectivity index is 2.24. The molecule has 1 aromatic rings. The first-order valence-corrected chi connectivity index (χ1v) is 6.43. The SMILES string of the molecule is C/C=C/C=C/C(=O)N1CCCc2cc(C)ccc21. The minimum Gasteiger partial charge on any atom is -0.309 e. The predicted molar refractivity (Wildman–Crippen MR) is 75.8 cm³/mol. The molecule has 0 radical (unpaired) electrons. The fourth-order valence-electron chi connectivity index (χ4n) is 2.29. The zero-order chi connectivity index (χ0) is 13.0. The first kappa shape index (κ1) is 12.6. The molecule has 1 amide bonds. The van der Waals surface area contributed by atoms with Crippen LogP contribution < -0.4 is 4.90 Å². The third-order valence-electron chi connectivity index (χ3n) is 3.16. The van der Waals surface area contributed by atoms with E-state index in [1.807, 2.05) is 24.0 Å². The van der Waals surface area contributed by atoms with Crippen LogP contribution in [-0.4, -0.2) is 12.5 Å². The molecule has 0 saturated heterocycles. The van der Waals surface area contributed by atoms with Crippen LogP contribution in [0.1, 0.15) is 24.5 Å². The van der Waals surface area contributed by atoms with Crippen LogP contribution >= 0.6 is 0 Å². The van der Waals surface area contributed by atoms with E-state index in [1.165, 1.54) is 11.1 Å². The second-order valence-electron chi connectivity index (χ2n) is 4.61. The lowest BCUT2D eigenvalue weighted by molar-refractivity contribution is -0.114. The van der Waals surface area contributed by atoms with Gasteiger partial charge in [-0.1, -0.05) is 35.9 Å². The number of amides is 1. The summed E-state index contributed by atoms with van der Waals surface area (Å²) in [7, 11) is 0. The summed E-state index contributed by atoms with van der Waals surface area (Å²) in [6, 6.07) is 6.32. The van der Waals surface area contributed by atoms with Gasteiger partial charge in [0.25, 0.3) is 5.91 Å². The summed E-state index contributed by atoms with van der Waals surface area (Å²) in [5, 5.41) is 0. The van der Waals surface area contributed by atoms with E-state index < -0.39 is 0 Å². The Kier molecular flexibility index (Phi) is 3.98. The average molecular weight is 241 g/mol. The van der Waals surface area contributed by atoms with E-state index in [9.17, 15) is 4.79 Å². The first-order valence-electron chi connectivity index (χ1n) is 6.43. The maximum Gasteiger partial charge on any atom is 0.250 e. The molecule has 0 unspecified atom stereocenters. The van der Waals surface area contributed by atoms with E-state index in [2.05, 4.69) is 25.1 Å². The Morgan fingerprint density at radius 1 is 1.33 bits per heavy atom. The van der Waals surface area contributed by atoms with Gasteiger partial charge in [0.05, 0.1) is 0 Å². The standard InChI is InChI=1S/C16H19NO/c1-3-4-5-8-16(18)17-11-6-7-14-12-13(2)9-10-15(14)17/h3-5,8-10,12H,6-7,11H2,1-2H3/b4-3+,8-5+. The molecule has 0 aromatic heterocycles. The Hall–Kier alpha value is -1.83. The topological polar surface area (TPSA) is 20.3 Å². The van der Waals surface area contributed by atoms with E-state index >= 15 is 0 Å². The van der Waals surface area contributed by atoms with Crippen LogP contribution in [0.2, 0.25) is 0 Å². The molecule has 1 heterocycles. The summed E-state index contributed by atoms with van der Waals surface area (Å²) in [5.41, 5.74) is 3.61. The number of fused-ring (bicyclic) bond motifs is 1. The van der Waals surface area contributed by atoms with E-state index in [0.717, 1.165) is 25.1 Å². The highest BCUT2D eigenvalue weighted by Gasteiger charge is 2.20. The van der Waals surface area contributed by atoms with E-state index in [1.54, 1.807) is 12.2 Å². The van der Waals surface area contributed by atoms with Crippen LogP contribution in [0, 0.1) is 6.92 Å². The van der Waals surface area contributed by atoms with Gasteiger partial charge in [0, 0.05) is 18.3 Å². The molecule has 2 rings (SSSR count). The number of benzene rings is 1. The molecule has 18 heavy (non-hydrogen) atoms. The van der Waals surface area contributed by atoms with Crippen LogP contribution in [0.25, 0.3) is 0 Å². The van der Waals surface area contributed by atoms with Crippen molar-refractivity contribution in [1.29, 1.82) is 0 Å². The molecule has 0 N–H and O–H groups in total. The van der Waals surface area contributed by atoms with Crippen molar-refractivity contribution in [2.24, 2.45) is 0 Å². The smallest absolute Gasteiger partial charge is 0.250 e. The number of aryl methyl sites for hydroxylation is 2. The summed E-state index contributed by atoms with van der Waals surface area (Å²) in [6.07, 6.45) is 9.33. The number of carbonyl (C=O) groups is 1. The fourth-order valence-corrected chi connectivity index (χ4v) is 2.29. The first-order chi connectivity index (χ1) is 8.72. The zero-order valence-electron chi connectivity index (χ0n) is 11.0. The van der Waals surface area contributed by atoms with E-state index in [0.29, 0.717) is 0 Å². The molecule has 0 saturated carbocycles. The van der Waals surface area contributed by atoms with Gasteiger partial charge in [-0.15, -0.1) is 0 Å². The van der Waals surface area contributed by atoms with Gasteiger partial charge in [-0.3, -0.25) is 4.79 Å². The summed E-state index contributed by atoms with van der Waals surface area (Å²) in [6.45, 7) is 4.84. The quantitative estimate of drug-likeness (QED) is 0.574. The van der Waals surface area contributed by atoms with Crippen molar-refractivity contribution in [3.05, 3.63) is 53.6 Å². The van der Waals surface area contributed by atoms with Gasteiger partial charge in [-0.25, -0.2) is 0 Å². The van der Waals surface area contributed by atoms with Crippen LogP contribution in [0.3, 0.4) is 0 Å². The predicted octanol–water partition coefficient (Wildman–Crippen LogP) is 3.41. The third kappa shape index (κ3) is 2.70. The molecule has 2 heteroatoms. The second kappa shape index (κ2) is 5.67. The van der Waals surface area contributed by atoms with E-state index in [-0.39, 0.29) is 5.91 Å². The maximum absolute atomic E-state index is 12.1. The Labute approximate surface area is 109 Å². The van der Waals surface area contributed by atoms with Gasteiger partial charge in [0.1, 0.15) is 0 Å². The normalized spacial score (nSPS) is 15.3. The Bertz CT molecular complexity index is 500. The largest absolute Gasteiger partial charge is 0.309 e. The van der Waals surface area contributed by atoms with Crippen molar-refractivity contribution in [3.63, 3.8) is 0 Å². The van der Waals surface area contributed by atoms with Crippen molar-refractivity contribution in [2.45, 2.75) is 26.7 Å². The Morgan fingerprint density at radius 2 is 2.17 bits per heavy atom. The van der Waals surface area contributed by atoms with Crippen LogP contribution in [0.4, 0.5) is 5.69 Å². The molecule has 0 aliphatic carbocycles. The molecule has 0 spiro atoms. The molecule has 1 aromatic carbocycles. The molecule has 1 aliphatic heterocycles. The lowest BCUT2D eigenvalue weighted by Gasteiger charge is -2.28. The molecule has 2 nitrogen and oxygen atoms in total. The van der Waals surface area contributed by atoms with Crippen molar-refractivity contribution in [2.75, 3.05) is 11.4 Å². The number of hydrogen-bond acceptors (Lipinski definition) is 1. The molecule has 0 atom stereocenters.